The zero-order valence-electron chi connectivity index (χ0n) is 31.0. The van der Waals surface area contributed by atoms with Crippen molar-refractivity contribution in [3.8, 4) is 11.1 Å². The molecule has 0 saturated heterocycles. The summed E-state index contributed by atoms with van der Waals surface area (Å²) >= 11 is 0. The molecule has 0 atom stereocenters. The van der Waals surface area contributed by atoms with Crippen LogP contribution in [-0.4, -0.2) is 0 Å². The molecule has 0 amide bonds. The maximum Gasteiger partial charge on any atom is 0.0534 e. The molecule has 2 aliphatic carbocycles. The largest absolute Gasteiger partial charge is 0.309 e. The molecule has 2 aliphatic heterocycles. The number of rotatable bonds is 5. The molecule has 0 bridgehead atoms. The molecule has 0 N–H and O–H groups in total. The summed E-state index contributed by atoms with van der Waals surface area (Å²) in [7, 11) is 0. The average molecular weight is 707 g/mol. The van der Waals surface area contributed by atoms with Crippen molar-refractivity contribution in [2.45, 2.75) is 43.9 Å². The van der Waals surface area contributed by atoms with Gasteiger partial charge in [0.25, 0.3) is 0 Å². The first kappa shape index (κ1) is 32.1. The first-order chi connectivity index (χ1) is 27.2. The molecule has 0 aromatic heterocycles. The molecule has 55 heavy (non-hydrogen) atoms. The first-order valence-corrected chi connectivity index (χ1v) is 19.9. The number of fused-ring (bicyclic) bond motifs is 9. The van der Waals surface area contributed by atoms with Gasteiger partial charge < -0.3 is 9.80 Å². The summed E-state index contributed by atoms with van der Waals surface area (Å²) < 4.78 is 0. The Morgan fingerprint density at radius 1 is 0.382 bits per heavy atom. The normalized spacial score (nSPS) is 15.4. The highest BCUT2D eigenvalue weighted by atomic mass is 15.2. The van der Waals surface area contributed by atoms with Crippen molar-refractivity contribution in [1.82, 2.24) is 0 Å². The number of aryl methyl sites for hydroxylation is 2. The maximum absolute atomic E-state index is 2.58. The standard InChI is InChI=1S/C53H42N2/c1-5-15-49-39(11-1)24-25-40-12-2-6-16-50(40)54(49)43-28-21-37(22-29-43)19-20-38-23-31-45-46-32-30-44(36-48(46)53(47(45)35-38)33-9-10-34-53)55-51-17-7-3-13-41(51)26-27-42-14-4-8-18-52(42)55/h1-8,11-18,21-32,35-36H,9-10,19-20,33-34H2. The lowest BCUT2D eigenvalue weighted by Gasteiger charge is -2.30. The minimum Gasteiger partial charge on any atom is -0.309 e. The maximum atomic E-state index is 2.58. The zero-order chi connectivity index (χ0) is 36.3. The quantitative estimate of drug-likeness (QED) is 0.176. The highest BCUT2D eigenvalue weighted by Crippen LogP contribution is 2.58. The average Bonchev–Trinajstić information content (AvgIpc) is 3.73. The van der Waals surface area contributed by atoms with Crippen LogP contribution in [0.1, 0.15) is 70.2 Å². The van der Waals surface area contributed by atoms with Gasteiger partial charge >= 0.3 is 0 Å². The number of hydrogen-bond donors (Lipinski definition) is 0. The highest BCUT2D eigenvalue weighted by Gasteiger charge is 2.45. The Kier molecular flexibility index (Phi) is 7.52. The van der Waals surface area contributed by atoms with Gasteiger partial charge in [-0.25, -0.2) is 0 Å². The molecule has 1 saturated carbocycles. The van der Waals surface area contributed by atoms with E-state index in [1.165, 1.54) is 110 Å². The van der Waals surface area contributed by atoms with Gasteiger partial charge in [0.15, 0.2) is 0 Å². The summed E-state index contributed by atoms with van der Waals surface area (Å²) in [4.78, 5) is 4.88. The summed E-state index contributed by atoms with van der Waals surface area (Å²) in [6.45, 7) is 0. The molecule has 2 nitrogen and oxygen atoms in total. The van der Waals surface area contributed by atoms with Crippen LogP contribution in [0.15, 0.2) is 158 Å². The van der Waals surface area contributed by atoms with Gasteiger partial charge in [-0.2, -0.15) is 0 Å². The van der Waals surface area contributed by atoms with Gasteiger partial charge in [-0.1, -0.05) is 146 Å². The Balaban J connectivity index is 0.896. The third kappa shape index (κ3) is 5.23. The van der Waals surface area contributed by atoms with Crippen molar-refractivity contribution in [2.75, 3.05) is 9.80 Å². The van der Waals surface area contributed by atoms with Crippen molar-refractivity contribution in [2.24, 2.45) is 0 Å². The minimum atomic E-state index is 0.0794. The van der Waals surface area contributed by atoms with Crippen molar-refractivity contribution in [3.63, 3.8) is 0 Å². The topological polar surface area (TPSA) is 6.48 Å². The van der Waals surface area contributed by atoms with E-state index in [1.807, 2.05) is 0 Å². The van der Waals surface area contributed by atoms with E-state index in [9.17, 15) is 0 Å². The van der Waals surface area contributed by atoms with E-state index in [4.69, 9.17) is 0 Å². The van der Waals surface area contributed by atoms with Crippen molar-refractivity contribution >= 4 is 58.4 Å². The Labute approximate surface area is 324 Å². The zero-order valence-corrected chi connectivity index (χ0v) is 31.0. The molecule has 4 aliphatic rings. The number of benzene rings is 7. The van der Waals surface area contributed by atoms with Crippen molar-refractivity contribution in [3.05, 3.63) is 202 Å². The van der Waals surface area contributed by atoms with Crippen LogP contribution in [0.2, 0.25) is 0 Å². The molecular weight excluding hydrogens is 665 g/mol. The molecule has 2 heteroatoms. The fraction of sp³-hybridized carbons (Fsp3) is 0.132. The van der Waals surface area contributed by atoms with Gasteiger partial charge in [0.2, 0.25) is 0 Å². The second kappa shape index (κ2) is 12.9. The number of anilines is 6. The Morgan fingerprint density at radius 2 is 0.782 bits per heavy atom. The van der Waals surface area contributed by atoms with Crippen LogP contribution in [0.3, 0.4) is 0 Å². The molecule has 1 fully saturated rings. The van der Waals surface area contributed by atoms with Crippen LogP contribution in [0.5, 0.6) is 0 Å². The van der Waals surface area contributed by atoms with Crippen LogP contribution < -0.4 is 9.80 Å². The first-order valence-electron chi connectivity index (χ1n) is 19.9. The molecule has 1 spiro atoms. The molecule has 0 radical (unpaired) electrons. The number of hydrogen-bond acceptors (Lipinski definition) is 2. The summed E-state index contributed by atoms with van der Waals surface area (Å²) in [5, 5.41) is 0. The van der Waals surface area contributed by atoms with Crippen LogP contribution in [0.25, 0.3) is 35.4 Å². The van der Waals surface area contributed by atoms with Crippen LogP contribution in [0.4, 0.5) is 34.1 Å². The van der Waals surface area contributed by atoms with Crippen molar-refractivity contribution in [1.29, 1.82) is 0 Å². The summed E-state index contributed by atoms with van der Waals surface area (Å²) in [5.74, 6) is 0. The van der Waals surface area contributed by atoms with Crippen LogP contribution in [0, 0.1) is 0 Å². The molecule has 7 aromatic carbocycles. The van der Waals surface area contributed by atoms with Gasteiger partial charge in [0.05, 0.1) is 22.7 Å². The fourth-order valence-electron chi connectivity index (χ4n) is 9.95. The van der Waals surface area contributed by atoms with Gasteiger partial charge in [-0.3, -0.25) is 0 Å². The minimum absolute atomic E-state index is 0.0794. The van der Waals surface area contributed by atoms with E-state index in [0.717, 1.165) is 12.8 Å². The third-order valence-corrected chi connectivity index (χ3v) is 12.6. The third-order valence-electron chi connectivity index (χ3n) is 12.6. The molecule has 2 heterocycles. The number of para-hydroxylation sites is 4. The van der Waals surface area contributed by atoms with E-state index in [2.05, 4.69) is 192 Å². The van der Waals surface area contributed by atoms with Gasteiger partial charge in [0.1, 0.15) is 0 Å². The van der Waals surface area contributed by atoms with E-state index < -0.39 is 0 Å². The van der Waals surface area contributed by atoms with E-state index >= 15 is 0 Å². The lowest BCUT2D eigenvalue weighted by molar-refractivity contribution is 0.549. The predicted octanol–water partition coefficient (Wildman–Crippen LogP) is 14.2. The predicted molar refractivity (Wildman–Crippen MR) is 232 cm³/mol. The van der Waals surface area contributed by atoms with Gasteiger partial charge in [-0.05, 0) is 130 Å². The second-order valence-corrected chi connectivity index (χ2v) is 15.6. The van der Waals surface area contributed by atoms with E-state index in [0.29, 0.717) is 0 Å². The monoisotopic (exact) mass is 706 g/mol. The van der Waals surface area contributed by atoms with Crippen LogP contribution >= 0.6 is 0 Å². The highest BCUT2D eigenvalue weighted by molar-refractivity contribution is 5.95. The lowest BCUT2D eigenvalue weighted by atomic mass is 9.76. The SMILES string of the molecule is C1=Cc2ccccc2N(c2ccc(CCc3ccc4c(c3)C3(CCCC3)c3cc(N5c6ccccc6C=Cc6ccccc65)ccc3-4)cc2)c2ccccc21. The lowest BCUT2D eigenvalue weighted by Crippen LogP contribution is -2.21. The Hall–Kier alpha value is -6.38. The molecule has 11 rings (SSSR count). The van der Waals surface area contributed by atoms with Crippen LogP contribution in [-0.2, 0) is 18.3 Å². The summed E-state index contributed by atoms with van der Waals surface area (Å²) in [6.07, 6.45) is 16.0. The fourth-order valence-corrected chi connectivity index (χ4v) is 9.95. The Bertz CT molecular complexity index is 2570. The van der Waals surface area contributed by atoms with Gasteiger partial charge in [0, 0.05) is 16.8 Å². The molecule has 264 valence electrons. The summed E-state index contributed by atoms with van der Waals surface area (Å²) in [6, 6.07) is 58.9. The molecular formula is C53H42N2. The Morgan fingerprint density at radius 3 is 1.31 bits per heavy atom. The summed E-state index contributed by atoms with van der Waals surface area (Å²) in [5.41, 5.74) is 21.1. The smallest absolute Gasteiger partial charge is 0.0534 e. The van der Waals surface area contributed by atoms with E-state index in [1.54, 1.807) is 5.56 Å². The second-order valence-electron chi connectivity index (χ2n) is 15.6. The van der Waals surface area contributed by atoms with Crippen molar-refractivity contribution < 1.29 is 0 Å². The molecule has 7 aromatic rings. The van der Waals surface area contributed by atoms with E-state index in [-0.39, 0.29) is 5.41 Å². The van der Waals surface area contributed by atoms with Gasteiger partial charge in [-0.15, -0.1) is 0 Å². The molecule has 0 unspecified atom stereocenters. The number of nitrogens with zero attached hydrogens (tertiary/aromatic N) is 2.